The molecule has 0 aliphatic heterocycles. The third-order valence-corrected chi connectivity index (χ3v) is 9.47. The van der Waals surface area contributed by atoms with Gasteiger partial charge in [0.25, 0.3) is 0 Å². The third kappa shape index (κ3) is 37.3. The van der Waals surface area contributed by atoms with Crippen LogP contribution in [0.4, 0.5) is 0 Å². The van der Waals surface area contributed by atoms with Crippen LogP contribution < -0.4 is 5.73 Å². The van der Waals surface area contributed by atoms with Crippen LogP contribution in [0.3, 0.4) is 0 Å². The summed E-state index contributed by atoms with van der Waals surface area (Å²) in [5, 5.41) is 29.5. The molecule has 0 fully saturated rings. The summed E-state index contributed by atoms with van der Waals surface area (Å²) in [7, 11) is -4.81. The van der Waals surface area contributed by atoms with Gasteiger partial charge in [0.1, 0.15) is 12.6 Å². The number of carbonyl (C=O) groups excluding carboxylic acids is 2. The SMILES string of the molecule is CC/C=C\C/C=C\C/C=C\C/C=C\C/C=C\CCCC(=O)O[C@H](COC(=O)CCCC(O)C(O)C/C=C\C/C=C\C/C=C\CCCCC)COP(=O)(O)OC[C@H](N)C(=O)O. The Morgan fingerprint density at radius 2 is 1.08 bits per heavy atom. The number of ether oxygens (including phenoxy) is 2. The van der Waals surface area contributed by atoms with Crippen molar-refractivity contribution in [2.24, 2.45) is 5.73 Å². The molecular weight excluding hydrogens is 789 g/mol. The van der Waals surface area contributed by atoms with E-state index in [1.165, 1.54) is 19.3 Å². The quantitative estimate of drug-likeness (QED) is 0.0170. The molecular formula is C46H74NO12P. The molecule has 0 rings (SSSR count). The molecule has 0 aliphatic rings. The molecule has 0 aromatic carbocycles. The number of carbonyl (C=O) groups is 3. The molecule has 0 spiro atoms. The number of nitrogens with two attached hydrogens (primary N) is 1. The number of hydrogen-bond acceptors (Lipinski definition) is 11. The maximum Gasteiger partial charge on any atom is 0.472 e. The van der Waals surface area contributed by atoms with E-state index in [0.717, 1.165) is 44.9 Å². The molecule has 3 unspecified atom stereocenters. The van der Waals surface area contributed by atoms with Crippen LogP contribution in [0.25, 0.3) is 0 Å². The minimum Gasteiger partial charge on any atom is -0.480 e. The highest BCUT2D eigenvalue weighted by molar-refractivity contribution is 7.47. The fourth-order valence-electron chi connectivity index (χ4n) is 5.02. The molecule has 5 atom stereocenters. The van der Waals surface area contributed by atoms with Crippen molar-refractivity contribution < 1.29 is 57.7 Å². The first kappa shape index (κ1) is 56.3. The van der Waals surface area contributed by atoms with Crippen molar-refractivity contribution in [3.05, 3.63) is 97.2 Å². The average Bonchev–Trinajstić information content (AvgIpc) is 3.22. The van der Waals surface area contributed by atoms with Gasteiger partial charge < -0.3 is 35.4 Å². The van der Waals surface area contributed by atoms with Crippen molar-refractivity contribution >= 4 is 25.7 Å². The molecule has 0 aliphatic carbocycles. The van der Waals surface area contributed by atoms with E-state index in [-0.39, 0.29) is 32.1 Å². The molecule has 0 aromatic rings. The van der Waals surface area contributed by atoms with Gasteiger partial charge in [-0.05, 0) is 89.9 Å². The van der Waals surface area contributed by atoms with Crippen molar-refractivity contribution in [3.63, 3.8) is 0 Å². The molecule has 14 heteroatoms. The second-order valence-electron chi connectivity index (χ2n) is 14.0. The van der Waals surface area contributed by atoms with Gasteiger partial charge in [0, 0.05) is 12.8 Å². The Morgan fingerprint density at radius 3 is 1.62 bits per heavy atom. The first-order valence-electron chi connectivity index (χ1n) is 21.4. The largest absolute Gasteiger partial charge is 0.480 e. The second-order valence-corrected chi connectivity index (χ2v) is 15.5. The number of aliphatic hydroxyl groups excluding tert-OH is 2. The topological polar surface area (TPSA) is 212 Å². The summed E-state index contributed by atoms with van der Waals surface area (Å²) in [6.45, 7) is 2.28. The second kappa shape index (κ2) is 39.5. The van der Waals surface area contributed by atoms with Gasteiger partial charge >= 0.3 is 25.7 Å². The molecule has 0 saturated carbocycles. The van der Waals surface area contributed by atoms with Crippen molar-refractivity contribution in [2.45, 2.75) is 154 Å². The molecule has 6 N–H and O–H groups in total. The summed E-state index contributed by atoms with van der Waals surface area (Å²) in [6.07, 6.45) is 42.3. The number of phosphoric ester groups is 1. The highest BCUT2D eigenvalue weighted by Crippen LogP contribution is 2.43. The number of phosphoric acid groups is 1. The van der Waals surface area contributed by atoms with E-state index in [1.54, 1.807) is 6.08 Å². The number of carboxylic acid groups (broad SMARTS) is 1. The van der Waals surface area contributed by atoms with Gasteiger partial charge in [0.05, 0.1) is 25.4 Å². The molecule has 13 nitrogen and oxygen atoms in total. The van der Waals surface area contributed by atoms with Gasteiger partial charge in [-0.1, -0.05) is 124 Å². The molecule has 340 valence electrons. The smallest absolute Gasteiger partial charge is 0.472 e. The lowest BCUT2D eigenvalue weighted by atomic mass is 10.0. The zero-order chi connectivity index (χ0) is 44.5. The lowest BCUT2D eigenvalue weighted by Gasteiger charge is -2.20. The molecule has 0 amide bonds. The summed E-state index contributed by atoms with van der Waals surface area (Å²) in [4.78, 5) is 46.0. The Balaban J connectivity index is 4.73. The van der Waals surface area contributed by atoms with Crippen LogP contribution >= 0.6 is 7.82 Å². The van der Waals surface area contributed by atoms with E-state index in [2.05, 4.69) is 85.2 Å². The van der Waals surface area contributed by atoms with Crippen LogP contribution in [-0.4, -0.2) is 82.3 Å². The minimum absolute atomic E-state index is 0.0163. The number of carboxylic acids is 1. The number of rotatable bonds is 38. The lowest BCUT2D eigenvalue weighted by molar-refractivity contribution is -0.161. The maximum atomic E-state index is 12.6. The lowest BCUT2D eigenvalue weighted by Crippen LogP contribution is -2.34. The summed E-state index contributed by atoms with van der Waals surface area (Å²) in [5.41, 5.74) is 5.31. The van der Waals surface area contributed by atoms with E-state index in [9.17, 15) is 34.1 Å². The molecule has 0 heterocycles. The van der Waals surface area contributed by atoms with Crippen molar-refractivity contribution in [3.8, 4) is 0 Å². The number of aliphatic carboxylic acids is 1. The summed E-state index contributed by atoms with van der Waals surface area (Å²) in [6, 6.07) is -1.58. The van der Waals surface area contributed by atoms with Gasteiger partial charge in [0.15, 0.2) is 6.10 Å². The molecule has 0 saturated heterocycles. The van der Waals surface area contributed by atoms with E-state index < -0.39 is 69.9 Å². The molecule has 60 heavy (non-hydrogen) atoms. The van der Waals surface area contributed by atoms with Gasteiger partial charge in [-0.2, -0.15) is 0 Å². The van der Waals surface area contributed by atoms with Gasteiger partial charge in [-0.3, -0.25) is 23.4 Å². The minimum atomic E-state index is -4.81. The number of unbranched alkanes of at least 4 members (excludes halogenated alkanes) is 4. The van der Waals surface area contributed by atoms with Crippen LogP contribution in [0.15, 0.2) is 97.2 Å². The summed E-state index contributed by atoms with van der Waals surface area (Å²) < 4.78 is 32.4. The van der Waals surface area contributed by atoms with Crippen LogP contribution in [0, 0.1) is 0 Å². The van der Waals surface area contributed by atoms with Crippen LogP contribution in [0.2, 0.25) is 0 Å². The van der Waals surface area contributed by atoms with Gasteiger partial charge in [-0.25, -0.2) is 4.57 Å². The summed E-state index contributed by atoms with van der Waals surface area (Å²) in [5.74, 6) is -2.79. The van der Waals surface area contributed by atoms with Crippen LogP contribution in [-0.2, 0) is 37.5 Å². The van der Waals surface area contributed by atoms with Crippen LogP contribution in [0.1, 0.15) is 129 Å². The Labute approximate surface area is 359 Å². The van der Waals surface area contributed by atoms with Crippen molar-refractivity contribution in [2.75, 3.05) is 19.8 Å². The Morgan fingerprint density at radius 1 is 0.600 bits per heavy atom. The number of hydrogen-bond donors (Lipinski definition) is 5. The summed E-state index contributed by atoms with van der Waals surface area (Å²) >= 11 is 0. The average molecular weight is 864 g/mol. The highest BCUT2D eigenvalue weighted by Gasteiger charge is 2.28. The third-order valence-electron chi connectivity index (χ3n) is 8.52. The van der Waals surface area contributed by atoms with Crippen molar-refractivity contribution in [1.82, 2.24) is 0 Å². The first-order chi connectivity index (χ1) is 28.9. The monoisotopic (exact) mass is 863 g/mol. The van der Waals surface area contributed by atoms with E-state index >= 15 is 0 Å². The normalized spacial score (nSPS) is 15.7. The fraction of sp³-hybridized carbons (Fsp3) is 0.587. The number of allylic oxidation sites excluding steroid dienone is 15. The van der Waals surface area contributed by atoms with Gasteiger partial charge in [0.2, 0.25) is 0 Å². The van der Waals surface area contributed by atoms with E-state index in [4.69, 9.17) is 24.8 Å². The Hall–Kier alpha value is -3.68. The fourth-order valence-corrected chi connectivity index (χ4v) is 5.80. The van der Waals surface area contributed by atoms with Gasteiger partial charge in [-0.15, -0.1) is 0 Å². The molecule has 0 radical (unpaired) electrons. The molecule has 0 bridgehead atoms. The molecule has 0 aromatic heterocycles. The first-order valence-corrected chi connectivity index (χ1v) is 22.9. The predicted octanol–water partition coefficient (Wildman–Crippen LogP) is 9.22. The number of aliphatic hydroxyl groups is 2. The zero-order valence-corrected chi connectivity index (χ0v) is 36.9. The van der Waals surface area contributed by atoms with E-state index in [0.29, 0.717) is 19.3 Å². The Kier molecular flexibility index (Phi) is 37.0. The number of esters is 2. The highest BCUT2D eigenvalue weighted by atomic mass is 31.2. The zero-order valence-electron chi connectivity index (χ0n) is 36.0. The Bertz CT molecular complexity index is 1420. The van der Waals surface area contributed by atoms with Crippen LogP contribution in [0.5, 0.6) is 0 Å². The van der Waals surface area contributed by atoms with Crippen molar-refractivity contribution in [1.29, 1.82) is 0 Å². The van der Waals surface area contributed by atoms with E-state index in [1.807, 2.05) is 24.3 Å². The standard InChI is InChI=1S/C46H74NO12P/c1-3-5-7-9-11-13-15-17-18-19-20-21-23-25-27-29-31-35-45(51)59-40(38-57-60(54,55)58-39-41(47)46(52)53)37-56-44(50)36-32-34-43(49)42(48)33-30-28-26-24-22-16-14-12-10-8-6-4-2/h5,7,11-14,17-18,20-22,24-25,27-28,30,40-43,48-49H,3-4,6,8-10,15-16,19,23,26,29,31-39,47H2,1-2H3,(H,52,53)(H,54,55)/b7-5-,13-11-,14-12-,18-17-,21-20-,24-22-,27-25-,30-28-/t40-,41+,42?,43?/m1/s1. The predicted molar refractivity (Wildman–Crippen MR) is 238 cm³/mol. The maximum absolute atomic E-state index is 12.6.